The zero-order chi connectivity index (χ0) is 28.9. The molecular weight excluding hydrogens is 538 g/mol. The van der Waals surface area contributed by atoms with Gasteiger partial charge in [0.05, 0.1) is 17.9 Å². The van der Waals surface area contributed by atoms with Crippen LogP contribution in [0.1, 0.15) is 70.8 Å². The van der Waals surface area contributed by atoms with Gasteiger partial charge in [0.15, 0.2) is 0 Å². The maximum Gasteiger partial charge on any atom is 0.246 e. The Balaban J connectivity index is 1.28. The Morgan fingerprint density at radius 3 is 2.73 bits per heavy atom. The van der Waals surface area contributed by atoms with Crippen LogP contribution >= 0.6 is 11.6 Å². The van der Waals surface area contributed by atoms with Gasteiger partial charge in [0.2, 0.25) is 17.7 Å². The van der Waals surface area contributed by atoms with Crippen molar-refractivity contribution in [2.24, 2.45) is 23.7 Å². The van der Waals surface area contributed by atoms with Gasteiger partial charge in [0, 0.05) is 23.3 Å². The average Bonchev–Trinajstić information content (AvgIpc) is 3.60. The van der Waals surface area contributed by atoms with Crippen molar-refractivity contribution in [3.05, 3.63) is 52.6 Å². The van der Waals surface area contributed by atoms with E-state index in [9.17, 15) is 14.4 Å². The summed E-state index contributed by atoms with van der Waals surface area (Å²) in [5.74, 6) is -1.21. The molecule has 3 fully saturated rings. The molecule has 2 aliphatic carbocycles. The molecule has 8 heteroatoms. The number of rotatable bonds is 7. The highest BCUT2D eigenvalue weighted by atomic mass is 35.5. The smallest absolute Gasteiger partial charge is 0.246 e. The molecule has 3 aliphatic heterocycles. The van der Waals surface area contributed by atoms with Crippen molar-refractivity contribution in [3.8, 4) is 0 Å². The molecule has 2 N–H and O–H groups in total. The maximum absolute atomic E-state index is 14.2. The van der Waals surface area contributed by atoms with Crippen LogP contribution in [0.2, 0.25) is 5.02 Å². The number of anilines is 1. The number of fused-ring (bicyclic) bond motifs is 1. The van der Waals surface area contributed by atoms with Gasteiger partial charge in [-0.25, -0.2) is 0 Å². The lowest BCUT2D eigenvalue weighted by Gasteiger charge is -2.38. The fraction of sp³-hybridized carbons (Fsp3) is 0.606. The number of nitrogens with zero attached hydrogens (tertiary/aromatic N) is 1. The number of ether oxygens (including phenoxy) is 1. The molecule has 2 bridgehead atoms. The van der Waals surface area contributed by atoms with Crippen LogP contribution in [-0.4, -0.2) is 53.0 Å². The summed E-state index contributed by atoms with van der Waals surface area (Å²) >= 11 is 6.31. The zero-order valence-electron chi connectivity index (χ0n) is 24.3. The van der Waals surface area contributed by atoms with Crippen LogP contribution in [0.15, 0.2) is 42.0 Å². The number of nitrogens with one attached hydrogen (secondary N) is 2. The Morgan fingerprint density at radius 1 is 1.15 bits per heavy atom. The minimum atomic E-state index is -1.15. The standard InChI is InChI=1S/C33H42ClN3O4/c1-19-8-7-11-25(21(19)3)36-31(39)29-33-16-14-26(41-33)27(30(38)35-23-13-12-20(2)24(34)18-23)28(33)32(40)37(29)17-15-22-9-5-4-6-10-22/h9,12-14,16,18-19,21,25-29H,4-8,10-11,15,17H2,1-3H3,(H,35,38)(H,36,39)/t19-,21+,25+,26-,27+,28-,29-,33-/m0/s1. The first-order chi connectivity index (χ1) is 19.7. The molecule has 0 aromatic heterocycles. The predicted octanol–water partition coefficient (Wildman–Crippen LogP) is 5.57. The lowest BCUT2D eigenvalue weighted by Crippen LogP contribution is -2.58. The van der Waals surface area contributed by atoms with Gasteiger partial charge in [-0.2, -0.15) is 0 Å². The van der Waals surface area contributed by atoms with Crippen LogP contribution in [0.5, 0.6) is 0 Å². The first-order valence-corrected chi connectivity index (χ1v) is 15.8. The van der Waals surface area contributed by atoms with Crippen molar-refractivity contribution in [2.45, 2.75) is 95.9 Å². The largest absolute Gasteiger partial charge is 0.359 e. The van der Waals surface area contributed by atoms with E-state index in [0.29, 0.717) is 29.1 Å². The van der Waals surface area contributed by atoms with E-state index in [1.165, 1.54) is 18.4 Å². The quantitative estimate of drug-likeness (QED) is 0.414. The van der Waals surface area contributed by atoms with E-state index in [1.54, 1.807) is 11.0 Å². The molecule has 7 nitrogen and oxygen atoms in total. The highest BCUT2D eigenvalue weighted by Gasteiger charge is 2.72. The van der Waals surface area contributed by atoms with E-state index < -0.39 is 29.6 Å². The number of carbonyl (C=O) groups excluding carboxylic acids is 3. The van der Waals surface area contributed by atoms with Crippen molar-refractivity contribution in [1.29, 1.82) is 0 Å². The normalized spacial score (nSPS) is 35.8. The third kappa shape index (κ3) is 5.03. The van der Waals surface area contributed by atoms with E-state index in [0.717, 1.165) is 44.1 Å². The molecule has 1 spiro atoms. The van der Waals surface area contributed by atoms with E-state index in [1.807, 2.05) is 31.2 Å². The van der Waals surface area contributed by atoms with Gasteiger partial charge < -0.3 is 20.3 Å². The van der Waals surface area contributed by atoms with Crippen molar-refractivity contribution < 1.29 is 19.1 Å². The van der Waals surface area contributed by atoms with Gasteiger partial charge in [-0.15, -0.1) is 0 Å². The van der Waals surface area contributed by atoms with Gasteiger partial charge in [0.25, 0.3) is 0 Å². The molecule has 6 rings (SSSR count). The average molecular weight is 580 g/mol. The Labute approximate surface area is 248 Å². The number of benzene rings is 1. The van der Waals surface area contributed by atoms with Crippen molar-refractivity contribution >= 4 is 35.0 Å². The second-order valence-electron chi connectivity index (χ2n) is 12.9. The van der Waals surface area contributed by atoms with Gasteiger partial charge >= 0.3 is 0 Å². The number of hydrogen-bond donors (Lipinski definition) is 2. The molecule has 41 heavy (non-hydrogen) atoms. The summed E-state index contributed by atoms with van der Waals surface area (Å²) in [5.41, 5.74) is 1.69. The molecular formula is C33H42ClN3O4. The highest BCUT2D eigenvalue weighted by Crippen LogP contribution is 2.55. The Kier molecular flexibility index (Phi) is 7.79. The van der Waals surface area contributed by atoms with E-state index in [-0.39, 0.29) is 23.8 Å². The van der Waals surface area contributed by atoms with E-state index in [4.69, 9.17) is 16.3 Å². The lowest BCUT2D eigenvalue weighted by molar-refractivity contribution is -0.141. The molecule has 8 atom stereocenters. The third-order valence-electron chi connectivity index (χ3n) is 10.5. The van der Waals surface area contributed by atoms with Crippen molar-refractivity contribution in [1.82, 2.24) is 10.2 Å². The number of carbonyl (C=O) groups is 3. The van der Waals surface area contributed by atoms with Crippen molar-refractivity contribution in [3.63, 3.8) is 0 Å². The summed E-state index contributed by atoms with van der Waals surface area (Å²) in [6.45, 7) is 6.80. The van der Waals surface area contributed by atoms with Crippen LogP contribution in [0.25, 0.3) is 0 Å². The van der Waals surface area contributed by atoms with Gasteiger partial charge in [-0.3, -0.25) is 14.4 Å². The summed E-state index contributed by atoms with van der Waals surface area (Å²) in [5, 5.41) is 6.87. The summed E-state index contributed by atoms with van der Waals surface area (Å²) in [6.07, 6.45) is 13.9. The zero-order valence-corrected chi connectivity index (χ0v) is 25.1. The second-order valence-corrected chi connectivity index (χ2v) is 13.3. The number of hydrogen-bond acceptors (Lipinski definition) is 4. The molecule has 0 unspecified atom stereocenters. The van der Waals surface area contributed by atoms with E-state index >= 15 is 0 Å². The molecule has 3 heterocycles. The monoisotopic (exact) mass is 579 g/mol. The fourth-order valence-corrected chi connectivity index (χ4v) is 8.03. The Bertz CT molecular complexity index is 1290. The highest BCUT2D eigenvalue weighted by molar-refractivity contribution is 6.31. The van der Waals surface area contributed by atoms with Gasteiger partial charge in [0.1, 0.15) is 11.6 Å². The maximum atomic E-state index is 14.2. The molecule has 2 saturated heterocycles. The van der Waals surface area contributed by atoms with Crippen LogP contribution in [0, 0.1) is 30.6 Å². The molecule has 1 aromatic rings. The van der Waals surface area contributed by atoms with Gasteiger partial charge in [-0.05, 0) is 75.0 Å². The number of likely N-dealkylation sites (tertiary alicyclic amines) is 1. The first kappa shape index (κ1) is 28.5. The van der Waals surface area contributed by atoms with E-state index in [2.05, 4.69) is 30.6 Å². The fourth-order valence-electron chi connectivity index (χ4n) is 7.85. The molecule has 0 radical (unpaired) electrons. The number of allylic oxidation sites excluding steroid dienone is 1. The van der Waals surface area contributed by atoms with Gasteiger partial charge in [-0.1, -0.05) is 68.2 Å². The molecule has 3 amide bonds. The first-order valence-electron chi connectivity index (χ1n) is 15.4. The van der Waals surface area contributed by atoms with Crippen LogP contribution in [-0.2, 0) is 19.1 Å². The van der Waals surface area contributed by atoms with Crippen molar-refractivity contribution in [2.75, 3.05) is 11.9 Å². The Hall–Kier alpha value is -2.64. The summed E-state index contributed by atoms with van der Waals surface area (Å²) < 4.78 is 6.53. The third-order valence-corrected chi connectivity index (χ3v) is 10.9. The predicted molar refractivity (Wildman–Crippen MR) is 159 cm³/mol. The Morgan fingerprint density at radius 2 is 1.98 bits per heavy atom. The molecule has 5 aliphatic rings. The van der Waals surface area contributed by atoms with Crippen LogP contribution < -0.4 is 10.6 Å². The van der Waals surface area contributed by atoms with Crippen LogP contribution in [0.4, 0.5) is 5.69 Å². The number of amides is 3. The minimum Gasteiger partial charge on any atom is -0.359 e. The summed E-state index contributed by atoms with van der Waals surface area (Å²) in [6, 6.07) is 4.64. The molecule has 220 valence electrons. The SMILES string of the molecule is Cc1ccc(NC(=O)[C@@H]2[C@@H]3C=C[C@]4(O3)[C@@H]2C(=O)N(CCC2=CCCCC2)[C@H]4C(=O)N[C@@H]2CCC[C@H](C)[C@H]2C)cc1Cl. The molecule has 1 saturated carbocycles. The summed E-state index contributed by atoms with van der Waals surface area (Å²) in [4.78, 5) is 43.9. The lowest BCUT2D eigenvalue weighted by atomic mass is 9.73. The summed E-state index contributed by atoms with van der Waals surface area (Å²) in [7, 11) is 0. The molecule has 1 aromatic carbocycles. The topological polar surface area (TPSA) is 87.7 Å². The minimum absolute atomic E-state index is 0.0627. The number of halogens is 1. The van der Waals surface area contributed by atoms with Crippen LogP contribution in [0.3, 0.4) is 0 Å². The second kappa shape index (κ2) is 11.2. The number of aryl methyl sites for hydroxylation is 1.